The van der Waals surface area contributed by atoms with Crippen LogP contribution >= 0.6 is 11.5 Å². The summed E-state index contributed by atoms with van der Waals surface area (Å²) in [6.07, 6.45) is 0. The molecule has 0 bridgehead atoms. The molecule has 0 fully saturated rings. The Morgan fingerprint density at radius 2 is 2.13 bits per heavy atom. The van der Waals surface area contributed by atoms with E-state index in [9.17, 15) is 0 Å². The molecule has 0 amide bonds. The predicted octanol–water partition coefficient (Wildman–Crippen LogP) is 1.76. The first-order chi connectivity index (χ1) is 7.45. The van der Waals surface area contributed by atoms with E-state index in [-0.39, 0.29) is 0 Å². The summed E-state index contributed by atoms with van der Waals surface area (Å²) < 4.78 is 4.05. The highest BCUT2D eigenvalue weighted by Crippen LogP contribution is 1.99. The van der Waals surface area contributed by atoms with Crippen LogP contribution in [0.15, 0.2) is 35.8 Å². The van der Waals surface area contributed by atoms with E-state index in [1.807, 2.05) is 30.3 Å². The maximum Gasteiger partial charge on any atom is 0.158 e. The van der Waals surface area contributed by atoms with Crippen molar-refractivity contribution in [3.8, 4) is 0 Å². The molecule has 1 heterocycles. The Morgan fingerprint density at radius 1 is 1.27 bits per heavy atom. The van der Waals surface area contributed by atoms with E-state index >= 15 is 0 Å². The van der Waals surface area contributed by atoms with Crippen LogP contribution in [-0.2, 0) is 18.0 Å². The van der Waals surface area contributed by atoms with Crippen LogP contribution in [0.3, 0.4) is 0 Å². The molecule has 1 N–H and O–H groups in total. The number of hydrogen-bond donors (Lipinski definition) is 1. The lowest BCUT2D eigenvalue weighted by Crippen LogP contribution is -2.14. The smallest absolute Gasteiger partial charge is 0.158 e. The molecule has 0 saturated heterocycles. The molecule has 78 valence electrons. The fourth-order valence-corrected chi connectivity index (χ4v) is 1.54. The van der Waals surface area contributed by atoms with Gasteiger partial charge in [-0.3, -0.25) is 4.84 Å². The van der Waals surface area contributed by atoms with Crippen LogP contribution in [0.4, 0.5) is 0 Å². The second-order valence-electron chi connectivity index (χ2n) is 2.94. The van der Waals surface area contributed by atoms with E-state index in [1.54, 1.807) is 5.51 Å². The van der Waals surface area contributed by atoms with E-state index in [0.717, 1.165) is 11.4 Å². The number of nitrogens with zero attached hydrogens (tertiary/aromatic N) is 2. The molecular formula is C10H11N3OS. The van der Waals surface area contributed by atoms with Crippen LogP contribution in [0.5, 0.6) is 0 Å². The SMILES string of the molecule is c1ccc(CONCc2ncsn2)cc1. The normalized spacial score (nSPS) is 10.4. The predicted molar refractivity (Wildman–Crippen MR) is 58.0 cm³/mol. The van der Waals surface area contributed by atoms with E-state index in [1.165, 1.54) is 11.5 Å². The van der Waals surface area contributed by atoms with Crippen molar-refractivity contribution in [1.29, 1.82) is 0 Å². The summed E-state index contributed by atoms with van der Waals surface area (Å²) in [4.78, 5) is 9.29. The minimum absolute atomic E-state index is 0.538. The average Bonchev–Trinajstić information content (AvgIpc) is 2.79. The van der Waals surface area contributed by atoms with Gasteiger partial charge in [-0.05, 0) is 17.1 Å². The summed E-state index contributed by atoms with van der Waals surface area (Å²) in [5, 5.41) is 0. The molecule has 0 spiro atoms. The molecule has 0 aliphatic rings. The van der Waals surface area contributed by atoms with Crippen molar-refractivity contribution in [3.63, 3.8) is 0 Å². The third-order valence-electron chi connectivity index (χ3n) is 1.82. The molecule has 1 aromatic heterocycles. The van der Waals surface area contributed by atoms with Gasteiger partial charge >= 0.3 is 0 Å². The molecule has 0 unspecified atom stereocenters. The van der Waals surface area contributed by atoms with Crippen LogP contribution < -0.4 is 5.48 Å². The first kappa shape index (κ1) is 10.2. The highest BCUT2D eigenvalue weighted by Gasteiger charge is 1.96. The van der Waals surface area contributed by atoms with Gasteiger partial charge in [0.25, 0.3) is 0 Å². The minimum Gasteiger partial charge on any atom is -0.297 e. The average molecular weight is 221 g/mol. The van der Waals surface area contributed by atoms with Crippen molar-refractivity contribution in [2.45, 2.75) is 13.2 Å². The van der Waals surface area contributed by atoms with Gasteiger partial charge in [-0.2, -0.15) is 9.85 Å². The molecule has 2 aromatic rings. The number of nitrogens with one attached hydrogen (secondary N) is 1. The summed E-state index contributed by atoms with van der Waals surface area (Å²) in [5.41, 5.74) is 5.66. The fourth-order valence-electron chi connectivity index (χ4n) is 1.09. The first-order valence-corrected chi connectivity index (χ1v) is 5.42. The maximum atomic E-state index is 5.27. The van der Waals surface area contributed by atoms with Gasteiger partial charge in [0, 0.05) is 0 Å². The molecule has 1 aromatic carbocycles. The van der Waals surface area contributed by atoms with E-state index < -0.39 is 0 Å². The lowest BCUT2D eigenvalue weighted by atomic mass is 10.2. The molecular weight excluding hydrogens is 210 g/mol. The molecule has 0 aliphatic heterocycles. The van der Waals surface area contributed by atoms with Gasteiger partial charge in [0.15, 0.2) is 5.82 Å². The molecule has 2 rings (SSSR count). The molecule has 5 heteroatoms. The molecule has 15 heavy (non-hydrogen) atoms. The monoisotopic (exact) mass is 221 g/mol. The second-order valence-corrected chi connectivity index (χ2v) is 3.55. The lowest BCUT2D eigenvalue weighted by Gasteiger charge is -2.03. The third-order valence-corrected chi connectivity index (χ3v) is 2.34. The lowest BCUT2D eigenvalue weighted by molar-refractivity contribution is 0.0223. The Kier molecular flexibility index (Phi) is 3.78. The fraction of sp³-hybridized carbons (Fsp3) is 0.200. The highest BCUT2D eigenvalue weighted by atomic mass is 32.1. The second kappa shape index (κ2) is 5.55. The Bertz CT molecular complexity index is 377. The van der Waals surface area contributed by atoms with Gasteiger partial charge in [-0.25, -0.2) is 4.98 Å². The van der Waals surface area contributed by atoms with Crippen molar-refractivity contribution in [1.82, 2.24) is 14.8 Å². The van der Waals surface area contributed by atoms with Gasteiger partial charge in [-0.1, -0.05) is 30.3 Å². The Labute approximate surface area is 92.1 Å². The summed E-state index contributed by atoms with van der Waals surface area (Å²) in [6.45, 7) is 1.08. The molecule has 0 radical (unpaired) electrons. The topological polar surface area (TPSA) is 47.0 Å². The highest BCUT2D eigenvalue weighted by molar-refractivity contribution is 7.03. The largest absolute Gasteiger partial charge is 0.297 e. The van der Waals surface area contributed by atoms with Crippen LogP contribution in [0.25, 0.3) is 0 Å². The molecule has 0 saturated carbocycles. The van der Waals surface area contributed by atoms with Crippen LogP contribution in [0.2, 0.25) is 0 Å². The number of aromatic nitrogens is 2. The van der Waals surface area contributed by atoms with Gasteiger partial charge in [0.2, 0.25) is 0 Å². The molecule has 0 atom stereocenters. The van der Waals surface area contributed by atoms with Gasteiger partial charge in [0.05, 0.1) is 13.2 Å². The van der Waals surface area contributed by atoms with Gasteiger partial charge < -0.3 is 0 Å². The van der Waals surface area contributed by atoms with Crippen molar-refractivity contribution in [2.24, 2.45) is 0 Å². The van der Waals surface area contributed by atoms with Crippen LogP contribution in [0.1, 0.15) is 11.4 Å². The number of hydroxylamine groups is 1. The van der Waals surface area contributed by atoms with Crippen LogP contribution in [0, 0.1) is 0 Å². The van der Waals surface area contributed by atoms with E-state index in [4.69, 9.17) is 4.84 Å². The minimum atomic E-state index is 0.538. The zero-order chi connectivity index (χ0) is 10.3. The first-order valence-electron chi connectivity index (χ1n) is 4.59. The third kappa shape index (κ3) is 3.39. The molecule has 4 nitrogen and oxygen atoms in total. The summed E-state index contributed by atoms with van der Waals surface area (Å²) >= 11 is 1.34. The van der Waals surface area contributed by atoms with Gasteiger partial charge in [-0.15, -0.1) is 0 Å². The quantitative estimate of drug-likeness (QED) is 0.617. The van der Waals surface area contributed by atoms with Gasteiger partial charge in [0.1, 0.15) is 5.51 Å². The number of benzene rings is 1. The maximum absolute atomic E-state index is 5.27. The summed E-state index contributed by atoms with van der Waals surface area (Å²) in [7, 11) is 0. The zero-order valence-corrected chi connectivity index (χ0v) is 8.91. The molecule has 0 aliphatic carbocycles. The summed E-state index contributed by atoms with van der Waals surface area (Å²) in [6, 6.07) is 9.99. The number of rotatable bonds is 5. The van der Waals surface area contributed by atoms with Crippen molar-refractivity contribution in [3.05, 3.63) is 47.2 Å². The van der Waals surface area contributed by atoms with Crippen molar-refractivity contribution in [2.75, 3.05) is 0 Å². The van der Waals surface area contributed by atoms with Crippen LogP contribution in [-0.4, -0.2) is 9.36 Å². The van der Waals surface area contributed by atoms with Crippen molar-refractivity contribution >= 4 is 11.5 Å². The Morgan fingerprint density at radius 3 is 2.87 bits per heavy atom. The van der Waals surface area contributed by atoms with E-state index in [0.29, 0.717) is 13.2 Å². The number of hydrogen-bond acceptors (Lipinski definition) is 5. The van der Waals surface area contributed by atoms with Crippen molar-refractivity contribution < 1.29 is 4.84 Å². The van der Waals surface area contributed by atoms with E-state index in [2.05, 4.69) is 14.8 Å². The Hall–Kier alpha value is -1.30. The zero-order valence-electron chi connectivity index (χ0n) is 8.09. The Balaban J connectivity index is 1.68. The summed E-state index contributed by atoms with van der Waals surface area (Å²) in [5.74, 6) is 0.757. The standard InChI is InChI=1S/C10H11N3OS/c1-2-4-9(5-3-1)7-14-12-6-10-11-8-15-13-10/h1-5,8,12H,6-7H2.